The molecule has 122 valence electrons. The number of amides is 1. The van der Waals surface area contributed by atoms with E-state index in [9.17, 15) is 10.1 Å². The number of anilines is 1. The summed E-state index contributed by atoms with van der Waals surface area (Å²) in [6.45, 7) is 0. The van der Waals surface area contributed by atoms with Crippen LogP contribution < -0.4 is 5.32 Å². The Morgan fingerprint density at radius 1 is 1.04 bits per heavy atom. The molecule has 1 amide bonds. The Morgan fingerprint density at radius 2 is 1.76 bits per heavy atom. The number of rotatable bonds is 4. The summed E-state index contributed by atoms with van der Waals surface area (Å²) in [5.41, 5.74) is 2.39. The van der Waals surface area contributed by atoms with Crippen LogP contribution in [0.15, 0.2) is 83.0 Å². The highest BCUT2D eigenvalue weighted by atomic mass is 79.9. The summed E-state index contributed by atoms with van der Waals surface area (Å²) in [6.07, 6.45) is 3.48. The lowest BCUT2D eigenvalue weighted by Crippen LogP contribution is -2.13. The summed E-state index contributed by atoms with van der Waals surface area (Å²) in [7, 11) is 0. The lowest BCUT2D eigenvalue weighted by molar-refractivity contribution is -0.112. The Balaban J connectivity index is 1.86. The lowest BCUT2D eigenvalue weighted by Gasteiger charge is -2.07. The highest BCUT2D eigenvalue weighted by molar-refractivity contribution is 9.10. The lowest BCUT2D eigenvalue weighted by atomic mass is 10.2. The van der Waals surface area contributed by atoms with Gasteiger partial charge in [0.25, 0.3) is 5.91 Å². The third kappa shape index (κ3) is 4.06. The fourth-order valence-electron chi connectivity index (χ4n) is 2.36. The first-order valence-corrected chi connectivity index (χ1v) is 8.38. The zero-order valence-corrected chi connectivity index (χ0v) is 14.8. The molecule has 4 nitrogen and oxygen atoms in total. The molecule has 25 heavy (non-hydrogen) atoms. The van der Waals surface area contributed by atoms with Gasteiger partial charge in [0.05, 0.1) is 0 Å². The number of nitrogens with zero attached hydrogens (tertiary/aromatic N) is 2. The van der Waals surface area contributed by atoms with Gasteiger partial charge in [-0.25, -0.2) is 0 Å². The maximum absolute atomic E-state index is 12.4. The number of aromatic nitrogens is 1. The topological polar surface area (TPSA) is 57.8 Å². The molecule has 1 aromatic heterocycles. The molecule has 0 saturated carbocycles. The van der Waals surface area contributed by atoms with Crippen molar-refractivity contribution in [2.75, 3.05) is 5.32 Å². The van der Waals surface area contributed by atoms with E-state index in [-0.39, 0.29) is 5.57 Å². The Morgan fingerprint density at radius 3 is 2.44 bits per heavy atom. The second-order valence-electron chi connectivity index (χ2n) is 5.27. The number of carbonyl (C=O) groups excluding carboxylic acids is 1. The van der Waals surface area contributed by atoms with Crippen LogP contribution in [-0.2, 0) is 4.79 Å². The first kappa shape index (κ1) is 16.7. The SMILES string of the molecule is N#CC(=Cc1cccn1-c1ccccc1)C(=O)Nc1ccc(Br)cc1. The molecule has 5 heteroatoms. The van der Waals surface area contributed by atoms with Gasteiger partial charge in [0.1, 0.15) is 11.6 Å². The number of nitriles is 1. The molecular formula is C20H14BrN3O. The summed E-state index contributed by atoms with van der Waals surface area (Å²) in [4.78, 5) is 12.4. The van der Waals surface area contributed by atoms with Crippen LogP contribution in [0, 0.1) is 11.3 Å². The summed E-state index contributed by atoms with van der Waals surface area (Å²) in [6, 6.07) is 22.6. The second-order valence-corrected chi connectivity index (χ2v) is 6.19. The van der Waals surface area contributed by atoms with Crippen molar-refractivity contribution in [3.8, 4) is 11.8 Å². The number of carbonyl (C=O) groups is 1. The molecule has 0 aliphatic heterocycles. The van der Waals surface area contributed by atoms with Crippen LogP contribution in [0.4, 0.5) is 5.69 Å². The van der Waals surface area contributed by atoms with Gasteiger partial charge < -0.3 is 9.88 Å². The number of hydrogen-bond acceptors (Lipinski definition) is 2. The summed E-state index contributed by atoms with van der Waals surface area (Å²) in [5, 5.41) is 12.1. The average Bonchev–Trinajstić information content (AvgIpc) is 3.10. The minimum atomic E-state index is -0.439. The average molecular weight is 392 g/mol. The van der Waals surface area contributed by atoms with Crippen LogP contribution in [0.3, 0.4) is 0 Å². The maximum atomic E-state index is 12.4. The number of halogens is 1. The first-order valence-electron chi connectivity index (χ1n) is 7.59. The van der Waals surface area contributed by atoms with E-state index in [0.717, 1.165) is 15.9 Å². The maximum Gasteiger partial charge on any atom is 0.266 e. The van der Waals surface area contributed by atoms with Crippen molar-refractivity contribution in [2.24, 2.45) is 0 Å². The van der Waals surface area contributed by atoms with E-state index in [4.69, 9.17) is 0 Å². The minimum Gasteiger partial charge on any atom is -0.321 e. The van der Waals surface area contributed by atoms with Gasteiger partial charge in [0, 0.05) is 27.7 Å². The Labute approximate surface area is 154 Å². The summed E-state index contributed by atoms with van der Waals surface area (Å²) < 4.78 is 2.84. The minimum absolute atomic E-state index is 0.0406. The largest absolute Gasteiger partial charge is 0.321 e. The van der Waals surface area contributed by atoms with Gasteiger partial charge in [0.2, 0.25) is 0 Å². The van der Waals surface area contributed by atoms with Crippen LogP contribution in [0.5, 0.6) is 0 Å². The number of nitrogens with one attached hydrogen (secondary N) is 1. The predicted octanol–water partition coefficient (Wildman–Crippen LogP) is 4.79. The molecule has 0 aliphatic carbocycles. The van der Waals surface area contributed by atoms with E-state index < -0.39 is 5.91 Å². The predicted molar refractivity (Wildman–Crippen MR) is 102 cm³/mol. The van der Waals surface area contributed by atoms with E-state index in [2.05, 4.69) is 21.2 Å². The molecule has 0 unspecified atom stereocenters. The standard InChI is InChI=1S/C20H14BrN3O/c21-16-8-10-17(11-9-16)23-20(25)15(14-22)13-19-7-4-12-24(19)18-5-2-1-3-6-18/h1-13H,(H,23,25). The molecule has 0 aliphatic rings. The zero-order chi connectivity index (χ0) is 17.6. The molecule has 0 bridgehead atoms. The van der Waals surface area contributed by atoms with Gasteiger partial charge >= 0.3 is 0 Å². The Kier molecular flexibility index (Phi) is 5.12. The monoisotopic (exact) mass is 391 g/mol. The third-order valence-electron chi connectivity index (χ3n) is 3.57. The van der Waals surface area contributed by atoms with Gasteiger partial charge in [-0.05, 0) is 54.6 Å². The van der Waals surface area contributed by atoms with Crippen LogP contribution in [0.1, 0.15) is 5.69 Å². The Hall–Kier alpha value is -3.10. The van der Waals surface area contributed by atoms with Crippen molar-refractivity contribution in [2.45, 2.75) is 0 Å². The smallest absolute Gasteiger partial charge is 0.266 e. The molecule has 0 saturated heterocycles. The van der Waals surface area contributed by atoms with Crippen LogP contribution in [-0.4, -0.2) is 10.5 Å². The fourth-order valence-corrected chi connectivity index (χ4v) is 2.63. The van der Waals surface area contributed by atoms with Crippen molar-refractivity contribution >= 4 is 33.6 Å². The third-order valence-corrected chi connectivity index (χ3v) is 4.10. The molecule has 2 aromatic carbocycles. The van der Waals surface area contributed by atoms with Gasteiger partial charge in [-0.15, -0.1) is 0 Å². The van der Waals surface area contributed by atoms with Crippen molar-refractivity contribution in [1.29, 1.82) is 5.26 Å². The number of benzene rings is 2. The van der Waals surface area contributed by atoms with Crippen molar-refractivity contribution in [3.63, 3.8) is 0 Å². The fraction of sp³-hybridized carbons (Fsp3) is 0. The number of hydrogen-bond donors (Lipinski definition) is 1. The second kappa shape index (κ2) is 7.65. The van der Waals surface area contributed by atoms with Crippen molar-refractivity contribution in [3.05, 3.63) is 88.7 Å². The summed E-state index contributed by atoms with van der Waals surface area (Å²) in [5.74, 6) is -0.439. The van der Waals surface area contributed by atoms with Crippen molar-refractivity contribution < 1.29 is 4.79 Å². The van der Waals surface area contributed by atoms with E-state index in [1.807, 2.05) is 71.4 Å². The quantitative estimate of drug-likeness (QED) is 0.513. The van der Waals surface area contributed by atoms with E-state index >= 15 is 0 Å². The molecule has 1 heterocycles. The molecule has 3 aromatic rings. The van der Waals surface area contributed by atoms with Crippen LogP contribution in [0.2, 0.25) is 0 Å². The van der Waals surface area contributed by atoms with Gasteiger partial charge in [-0.2, -0.15) is 5.26 Å². The van der Waals surface area contributed by atoms with Crippen molar-refractivity contribution in [1.82, 2.24) is 4.57 Å². The summed E-state index contributed by atoms with van der Waals surface area (Å²) >= 11 is 3.35. The molecule has 0 radical (unpaired) electrons. The first-order chi connectivity index (χ1) is 12.2. The molecule has 1 N–H and O–H groups in total. The molecule has 0 fully saturated rings. The zero-order valence-electron chi connectivity index (χ0n) is 13.2. The van der Waals surface area contributed by atoms with E-state index in [0.29, 0.717) is 5.69 Å². The van der Waals surface area contributed by atoms with E-state index in [1.165, 1.54) is 0 Å². The van der Waals surface area contributed by atoms with Crippen LogP contribution in [0.25, 0.3) is 11.8 Å². The normalized spacial score (nSPS) is 11.0. The van der Waals surface area contributed by atoms with Gasteiger partial charge in [-0.3, -0.25) is 4.79 Å². The highest BCUT2D eigenvalue weighted by Gasteiger charge is 2.11. The van der Waals surface area contributed by atoms with Gasteiger partial charge in [0.15, 0.2) is 0 Å². The highest BCUT2D eigenvalue weighted by Crippen LogP contribution is 2.17. The molecule has 0 spiro atoms. The molecular weight excluding hydrogens is 378 g/mol. The molecule has 3 rings (SSSR count). The molecule has 0 atom stereocenters. The van der Waals surface area contributed by atoms with E-state index in [1.54, 1.807) is 18.2 Å². The van der Waals surface area contributed by atoms with Gasteiger partial charge in [-0.1, -0.05) is 34.1 Å². The van der Waals surface area contributed by atoms with Crippen LogP contribution >= 0.6 is 15.9 Å². The Bertz CT molecular complexity index is 951. The number of para-hydroxylation sites is 1.